The van der Waals surface area contributed by atoms with Crippen molar-refractivity contribution in [3.8, 4) is 5.75 Å². The Morgan fingerprint density at radius 3 is 2.40 bits per heavy atom. The number of rotatable bonds is 1. The van der Waals surface area contributed by atoms with Crippen LogP contribution in [0.1, 0.15) is 0 Å². The average Bonchev–Trinajstić information content (AvgIpc) is 2.39. The van der Waals surface area contributed by atoms with E-state index in [1.165, 1.54) is 5.39 Å². The van der Waals surface area contributed by atoms with Crippen LogP contribution in [0.4, 0.5) is 0 Å². The summed E-state index contributed by atoms with van der Waals surface area (Å²) in [5.74, 6) is 0.878. The Bertz CT molecular complexity index is 501. The molecule has 0 amide bonds. The van der Waals surface area contributed by atoms with Crippen LogP contribution in [0.5, 0.6) is 5.75 Å². The molecule has 0 radical (unpaired) electrons. The molecule has 0 bridgehead atoms. The van der Waals surface area contributed by atoms with Crippen LogP contribution >= 0.6 is 0 Å². The number of ether oxygens (including phenoxy) is 1. The number of hydrogen-bond donors (Lipinski definition) is 1. The quantitative estimate of drug-likeness (QED) is 0.749. The van der Waals surface area contributed by atoms with Gasteiger partial charge in [-0.3, -0.25) is 0 Å². The molecule has 2 rings (SSSR count). The van der Waals surface area contributed by atoms with E-state index in [1.54, 1.807) is 7.11 Å². The molecule has 1 aromatic carbocycles. The van der Waals surface area contributed by atoms with Crippen LogP contribution in [0.3, 0.4) is 0 Å². The molecule has 0 spiro atoms. The fourth-order valence-corrected chi connectivity index (χ4v) is 1.45. The maximum atomic E-state index is 5.19. The molecular formula is C13H13NO. The van der Waals surface area contributed by atoms with E-state index in [-0.39, 0.29) is 0 Å². The van der Waals surface area contributed by atoms with Crippen LogP contribution in [0.15, 0.2) is 54.9 Å². The van der Waals surface area contributed by atoms with Gasteiger partial charge in [-0.05, 0) is 35.0 Å². The Kier molecular flexibility index (Phi) is 2.88. The molecule has 15 heavy (non-hydrogen) atoms. The summed E-state index contributed by atoms with van der Waals surface area (Å²) < 4.78 is 5.19. The van der Waals surface area contributed by atoms with Crippen LogP contribution in [0.2, 0.25) is 0 Å². The fraction of sp³-hybridized carbons (Fsp3) is 0.0769. The zero-order valence-electron chi connectivity index (χ0n) is 8.60. The molecule has 0 unspecified atom stereocenters. The largest absolute Gasteiger partial charge is 0.497 e. The number of fused-ring (bicyclic) bond motifs is 1. The van der Waals surface area contributed by atoms with Crippen molar-refractivity contribution in [2.45, 2.75) is 0 Å². The van der Waals surface area contributed by atoms with Gasteiger partial charge in [0.05, 0.1) is 7.11 Å². The molecule has 2 heteroatoms. The summed E-state index contributed by atoms with van der Waals surface area (Å²) in [6.45, 7) is 0. The minimum atomic E-state index is 0.878. The van der Waals surface area contributed by atoms with Crippen molar-refractivity contribution in [3.63, 3.8) is 0 Å². The van der Waals surface area contributed by atoms with Crippen molar-refractivity contribution in [1.29, 1.82) is 0 Å². The molecule has 76 valence electrons. The first-order valence-corrected chi connectivity index (χ1v) is 4.84. The van der Waals surface area contributed by atoms with Gasteiger partial charge in [0.2, 0.25) is 0 Å². The number of hydrogen-bond acceptors (Lipinski definition) is 1. The van der Waals surface area contributed by atoms with Crippen LogP contribution in [-0.4, -0.2) is 12.1 Å². The molecule has 2 nitrogen and oxygen atoms in total. The van der Waals surface area contributed by atoms with Gasteiger partial charge in [0.25, 0.3) is 0 Å². The number of benzene rings is 1. The molecule has 0 atom stereocenters. The highest BCUT2D eigenvalue weighted by molar-refractivity contribution is 5.82. The number of nitrogens with one attached hydrogen (secondary N) is 1. The fourth-order valence-electron chi connectivity index (χ4n) is 1.45. The lowest BCUT2D eigenvalue weighted by atomic mass is 10.2. The van der Waals surface area contributed by atoms with Crippen LogP contribution in [-0.2, 0) is 0 Å². The van der Waals surface area contributed by atoms with Gasteiger partial charge < -0.3 is 9.72 Å². The molecule has 0 aliphatic heterocycles. The SMILES string of the molecule is COc1ccc2ccc[nH]cccc2c1. The zero-order valence-corrected chi connectivity index (χ0v) is 8.60. The summed E-state index contributed by atoms with van der Waals surface area (Å²) in [7, 11) is 1.68. The van der Waals surface area contributed by atoms with Crippen molar-refractivity contribution in [1.82, 2.24) is 4.98 Å². The normalized spacial score (nSPS) is 9.67. The summed E-state index contributed by atoms with van der Waals surface area (Å²) in [5, 5.41) is 2.33. The van der Waals surface area contributed by atoms with E-state index >= 15 is 0 Å². The number of H-pyrrole nitrogens is 1. The van der Waals surface area contributed by atoms with Crippen molar-refractivity contribution >= 4 is 10.8 Å². The number of methoxy groups -OCH3 is 1. The summed E-state index contributed by atoms with van der Waals surface area (Å²) >= 11 is 0. The predicted molar refractivity (Wildman–Crippen MR) is 62.5 cm³/mol. The van der Waals surface area contributed by atoms with E-state index in [0.29, 0.717) is 0 Å². The van der Waals surface area contributed by atoms with Gasteiger partial charge in [-0.15, -0.1) is 0 Å². The van der Waals surface area contributed by atoms with Gasteiger partial charge in [0, 0.05) is 12.4 Å². The van der Waals surface area contributed by atoms with Crippen molar-refractivity contribution in [2.24, 2.45) is 0 Å². The first-order chi connectivity index (χ1) is 7.40. The first kappa shape index (κ1) is 9.59. The van der Waals surface area contributed by atoms with Crippen LogP contribution < -0.4 is 4.74 Å². The number of aromatic nitrogens is 1. The summed E-state index contributed by atoms with van der Waals surface area (Å²) in [4.78, 5) is 3.04. The third-order valence-electron chi connectivity index (χ3n) is 2.23. The van der Waals surface area contributed by atoms with Crippen molar-refractivity contribution < 1.29 is 4.74 Å². The van der Waals surface area contributed by atoms with Gasteiger partial charge in [-0.25, -0.2) is 0 Å². The minimum absolute atomic E-state index is 0.878. The molecule has 1 aromatic heterocycles. The van der Waals surface area contributed by atoms with Crippen molar-refractivity contribution in [2.75, 3.05) is 7.11 Å². The van der Waals surface area contributed by atoms with Gasteiger partial charge in [-0.2, -0.15) is 0 Å². The second kappa shape index (κ2) is 4.51. The third-order valence-corrected chi connectivity index (χ3v) is 2.23. The van der Waals surface area contributed by atoms with E-state index in [2.05, 4.69) is 11.1 Å². The average molecular weight is 199 g/mol. The first-order valence-electron chi connectivity index (χ1n) is 4.84. The Morgan fingerprint density at radius 2 is 1.67 bits per heavy atom. The molecule has 2 aromatic rings. The van der Waals surface area contributed by atoms with Crippen LogP contribution in [0, 0.1) is 0 Å². The molecule has 0 saturated carbocycles. The third kappa shape index (κ3) is 2.29. The summed E-state index contributed by atoms with van der Waals surface area (Å²) in [6.07, 6.45) is 3.78. The van der Waals surface area contributed by atoms with E-state index < -0.39 is 0 Å². The Hall–Kier alpha value is -1.96. The Balaban J connectivity index is 2.73. The van der Waals surface area contributed by atoms with Crippen molar-refractivity contribution in [3.05, 3.63) is 54.9 Å². The highest BCUT2D eigenvalue weighted by atomic mass is 16.5. The van der Waals surface area contributed by atoms with Gasteiger partial charge in [-0.1, -0.05) is 18.2 Å². The van der Waals surface area contributed by atoms with E-state index in [4.69, 9.17) is 4.74 Å². The maximum absolute atomic E-state index is 5.19. The molecular weight excluding hydrogens is 186 g/mol. The standard InChI is InChI=1S/C13H13NO/c1-15-13-7-6-11-4-2-8-14-9-3-5-12(11)10-13/h2-10,14H,1H3. The second-order valence-electron chi connectivity index (χ2n) is 3.21. The highest BCUT2D eigenvalue weighted by Crippen LogP contribution is 2.18. The van der Waals surface area contributed by atoms with Gasteiger partial charge >= 0.3 is 0 Å². The lowest BCUT2D eigenvalue weighted by Gasteiger charge is -1.99. The second-order valence-corrected chi connectivity index (χ2v) is 3.21. The molecule has 1 heterocycles. The van der Waals surface area contributed by atoms with E-state index in [0.717, 1.165) is 11.1 Å². The lowest BCUT2D eigenvalue weighted by molar-refractivity contribution is 0.415. The van der Waals surface area contributed by atoms with Gasteiger partial charge in [0.1, 0.15) is 5.75 Å². The monoisotopic (exact) mass is 199 g/mol. The summed E-state index contributed by atoms with van der Waals surface area (Å²) in [5.41, 5.74) is 0. The van der Waals surface area contributed by atoms with Crippen LogP contribution in [0.25, 0.3) is 10.8 Å². The number of aromatic amines is 1. The predicted octanol–water partition coefficient (Wildman–Crippen LogP) is 3.30. The molecule has 1 N–H and O–H groups in total. The summed E-state index contributed by atoms with van der Waals surface area (Å²) in [6, 6.07) is 14.1. The Labute approximate surface area is 88.8 Å². The lowest BCUT2D eigenvalue weighted by Crippen LogP contribution is -1.80. The Morgan fingerprint density at radius 1 is 0.933 bits per heavy atom. The smallest absolute Gasteiger partial charge is 0.119 e. The van der Waals surface area contributed by atoms with E-state index in [9.17, 15) is 0 Å². The minimum Gasteiger partial charge on any atom is -0.497 e. The molecule has 0 fully saturated rings. The maximum Gasteiger partial charge on any atom is 0.119 e. The van der Waals surface area contributed by atoms with E-state index in [1.807, 2.05) is 48.8 Å². The molecule has 0 aliphatic carbocycles. The topological polar surface area (TPSA) is 25.0 Å². The van der Waals surface area contributed by atoms with Gasteiger partial charge in [0.15, 0.2) is 0 Å². The molecule has 0 aliphatic rings. The molecule has 0 saturated heterocycles. The highest BCUT2D eigenvalue weighted by Gasteiger charge is 1.92. The zero-order chi connectivity index (χ0) is 10.5.